The van der Waals surface area contributed by atoms with Crippen molar-refractivity contribution in [2.45, 2.75) is 103 Å². The molecule has 0 amide bonds. The van der Waals surface area contributed by atoms with Crippen LogP contribution in [-0.4, -0.2) is 11.0 Å². The minimum atomic E-state index is -0.227. The maximum atomic E-state index is 11.7. The van der Waals surface area contributed by atoms with E-state index < -0.39 is 0 Å². The molecule has 0 N–H and O–H groups in total. The van der Waals surface area contributed by atoms with Crippen LogP contribution in [0, 0.1) is 0 Å². The van der Waals surface area contributed by atoms with Crippen molar-refractivity contribution in [2.75, 3.05) is 0 Å². The van der Waals surface area contributed by atoms with Crippen molar-refractivity contribution in [2.24, 2.45) is 0 Å². The zero-order chi connectivity index (χ0) is 15.8. The highest BCUT2D eigenvalue weighted by Gasteiger charge is 2.02. The van der Waals surface area contributed by atoms with Gasteiger partial charge in [-0.05, 0) is 30.9 Å². The van der Waals surface area contributed by atoms with E-state index in [1.54, 1.807) is 0 Å². The maximum absolute atomic E-state index is 11.7. The molecule has 0 aromatic carbocycles. The average molecular weight is 317 g/mol. The van der Waals surface area contributed by atoms with Crippen molar-refractivity contribution >= 4 is 22.6 Å². The fourth-order valence-corrected chi connectivity index (χ4v) is 2.65. The molecule has 2 nitrogen and oxygen atoms in total. The molecule has 0 rings (SSSR count). The van der Waals surface area contributed by atoms with Gasteiger partial charge in [-0.2, -0.15) is 0 Å². The molecular weight excluding hydrogens is 284 g/mol. The molecule has 0 aliphatic carbocycles. The van der Waals surface area contributed by atoms with E-state index in [2.05, 4.69) is 6.92 Å². The average Bonchev–Trinajstić information content (AvgIpc) is 2.45. The van der Waals surface area contributed by atoms with Crippen LogP contribution < -0.4 is 0 Å². The second-order valence-corrected chi connectivity index (χ2v) is 6.45. The standard InChI is InChI=1S/C18H33ClO2/c1-2-3-4-5-8-11-14-17(20)15-12-9-6-7-10-13-16-18(19)21/h2-16H2,1H3. The summed E-state index contributed by atoms with van der Waals surface area (Å²) in [5, 5.41) is -0.227. The van der Waals surface area contributed by atoms with Crippen LogP contribution in [0.3, 0.4) is 0 Å². The highest BCUT2D eigenvalue weighted by atomic mass is 35.5. The number of Topliss-reactive ketones (excluding diaryl/α,β-unsaturated/α-hetero) is 1. The fraction of sp³-hybridized carbons (Fsp3) is 0.889. The summed E-state index contributed by atoms with van der Waals surface area (Å²) >= 11 is 5.28. The third kappa shape index (κ3) is 17.6. The summed E-state index contributed by atoms with van der Waals surface area (Å²) in [5.41, 5.74) is 0. The summed E-state index contributed by atoms with van der Waals surface area (Å²) in [6, 6.07) is 0. The molecule has 21 heavy (non-hydrogen) atoms. The van der Waals surface area contributed by atoms with E-state index in [9.17, 15) is 9.59 Å². The van der Waals surface area contributed by atoms with Crippen molar-refractivity contribution in [1.29, 1.82) is 0 Å². The van der Waals surface area contributed by atoms with Crippen molar-refractivity contribution < 1.29 is 9.59 Å². The molecule has 0 saturated heterocycles. The first-order chi connectivity index (χ1) is 10.2. The first kappa shape index (κ1) is 20.6. The lowest BCUT2D eigenvalue weighted by molar-refractivity contribution is -0.119. The number of carbonyl (C=O) groups excluding carboxylic acids is 2. The Bertz CT molecular complexity index is 264. The third-order valence-corrected chi connectivity index (χ3v) is 4.08. The smallest absolute Gasteiger partial charge is 0.221 e. The molecule has 0 aliphatic heterocycles. The molecule has 0 aromatic heterocycles. The Kier molecular flexibility index (Phi) is 15.7. The summed E-state index contributed by atoms with van der Waals surface area (Å²) < 4.78 is 0. The van der Waals surface area contributed by atoms with Gasteiger partial charge in [0.1, 0.15) is 5.78 Å². The largest absolute Gasteiger partial charge is 0.300 e. The van der Waals surface area contributed by atoms with Crippen LogP contribution in [-0.2, 0) is 9.59 Å². The number of ketones is 1. The Morgan fingerprint density at radius 2 is 1.00 bits per heavy atom. The normalized spacial score (nSPS) is 10.8. The molecule has 0 aliphatic rings. The summed E-state index contributed by atoms with van der Waals surface area (Å²) in [7, 11) is 0. The molecule has 0 atom stereocenters. The molecule has 0 spiro atoms. The lowest BCUT2D eigenvalue weighted by Crippen LogP contribution is -1.97. The van der Waals surface area contributed by atoms with E-state index in [1.807, 2.05) is 0 Å². The summed E-state index contributed by atoms with van der Waals surface area (Å²) in [4.78, 5) is 22.2. The molecule has 0 bridgehead atoms. The Labute approximate surface area is 136 Å². The van der Waals surface area contributed by atoms with Crippen molar-refractivity contribution in [3.63, 3.8) is 0 Å². The first-order valence-electron chi connectivity index (χ1n) is 8.86. The van der Waals surface area contributed by atoms with Crippen LogP contribution in [0.4, 0.5) is 0 Å². The second-order valence-electron chi connectivity index (χ2n) is 6.03. The molecule has 0 unspecified atom stereocenters. The lowest BCUT2D eigenvalue weighted by Gasteiger charge is -2.02. The fourth-order valence-electron chi connectivity index (χ4n) is 2.52. The van der Waals surface area contributed by atoms with Gasteiger partial charge in [-0.1, -0.05) is 64.7 Å². The predicted octanol–water partition coefficient (Wildman–Crippen LogP) is 6.19. The quantitative estimate of drug-likeness (QED) is 0.251. The van der Waals surface area contributed by atoms with Crippen molar-refractivity contribution in [3.8, 4) is 0 Å². The number of hydrogen-bond acceptors (Lipinski definition) is 2. The Balaban J connectivity index is 3.17. The topological polar surface area (TPSA) is 34.1 Å². The maximum Gasteiger partial charge on any atom is 0.221 e. The van der Waals surface area contributed by atoms with E-state index >= 15 is 0 Å². The minimum absolute atomic E-state index is 0.227. The summed E-state index contributed by atoms with van der Waals surface area (Å²) in [6.45, 7) is 2.22. The lowest BCUT2D eigenvalue weighted by atomic mass is 10.0. The minimum Gasteiger partial charge on any atom is -0.300 e. The Hall–Kier alpha value is -0.370. The molecule has 124 valence electrons. The SMILES string of the molecule is CCCCCCCCC(=O)CCCCCCCCC(=O)Cl. The monoisotopic (exact) mass is 316 g/mol. The second kappa shape index (κ2) is 16.0. The van der Waals surface area contributed by atoms with Gasteiger partial charge in [0.2, 0.25) is 5.24 Å². The summed E-state index contributed by atoms with van der Waals surface area (Å²) in [6.07, 6.45) is 16.0. The van der Waals surface area contributed by atoms with Crippen LogP contribution in [0.15, 0.2) is 0 Å². The van der Waals surface area contributed by atoms with Gasteiger partial charge in [-0.15, -0.1) is 0 Å². The number of unbranched alkanes of at least 4 members (excludes halogenated alkanes) is 10. The van der Waals surface area contributed by atoms with Gasteiger partial charge in [0.05, 0.1) is 0 Å². The zero-order valence-corrected chi connectivity index (χ0v) is 14.6. The predicted molar refractivity (Wildman–Crippen MR) is 90.8 cm³/mol. The molecule has 0 fully saturated rings. The highest BCUT2D eigenvalue weighted by molar-refractivity contribution is 6.63. The Morgan fingerprint density at radius 3 is 1.43 bits per heavy atom. The Morgan fingerprint density at radius 1 is 0.619 bits per heavy atom. The zero-order valence-electron chi connectivity index (χ0n) is 13.8. The van der Waals surface area contributed by atoms with Gasteiger partial charge < -0.3 is 0 Å². The molecule has 0 radical (unpaired) electrons. The van der Waals surface area contributed by atoms with E-state index in [4.69, 9.17) is 11.6 Å². The third-order valence-electron chi connectivity index (χ3n) is 3.89. The molecule has 3 heteroatoms. The molecule has 0 heterocycles. The van der Waals surface area contributed by atoms with E-state index in [1.165, 1.54) is 38.5 Å². The first-order valence-corrected chi connectivity index (χ1v) is 9.24. The van der Waals surface area contributed by atoms with Gasteiger partial charge in [-0.25, -0.2) is 0 Å². The molecule has 0 aromatic rings. The van der Waals surface area contributed by atoms with Crippen LogP contribution in [0.1, 0.15) is 103 Å². The number of rotatable bonds is 16. The van der Waals surface area contributed by atoms with E-state index in [0.29, 0.717) is 12.2 Å². The van der Waals surface area contributed by atoms with Crippen LogP contribution in [0.25, 0.3) is 0 Å². The van der Waals surface area contributed by atoms with Gasteiger partial charge >= 0.3 is 0 Å². The highest BCUT2D eigenvalue weighted by Crippen LogP contribution is 2.12. The van der Waals surface area contributed by atoms with Crippen LogP contribution >= 0.6 is 11.6 Å². The van der Waals surface area contributed by atoms with Crippen LogP contribution in [0.2, 0.25) is 0 Å². The van der Waals surface area contributed by atoms with Crippen molar-refractivity contribution in [1.82, 2.24) is 0 Å². The van der Waals surface area contributed by atoms with E-state index in [-0.39, 0.29) is 5.24 Å². The van der Waals surface area contributed by atoms with Gasteiger partial charge in [0.15, 0.2) is 0 Å². The van der Waals surface area contributed by atoms with Gasteiger partial charge in [0.25, 0.3) is 0 Å². The number of carbonyl (C=O) groups is 2. The van der Waals surface area contributed by atoms with Gasteiger partial charge in [-0.3, -0.25) is 9.59 Å². The number of hydrogen-bond donors (Lipinski definition) is 0. The van der Waals surface area contributed by atoms with Crippen LogP contribution in [0.5, 0.6) is 0 Å². The van der Waals surface area contributed by atoms with Gasteiger partial charge in [0, 0.05) is 19.3 Å². The molecule has 0 saturated carbocycles. The molecular formula is C18H33ClO2. The number of halogens is 1. The van der Waals surface area contributed by atoms with Crippen molar-refractivity contribution in [3.05, 3.63) is 0 Å². The van der Waals surface area contributed by atoms with E-state index in [0.717, 1.165) is 51.4 Å². The summed E-state index contributed by atoms with van der Waals surface area (Å²) in [5.74, 6) is 0.443.